The van der Waals surface area contributed by atoms with Crippen LogP contribution in [-0.4, -0.2) is 29.3 Å². The van der Waals surface area contributed by atoms with Crippen LogP contribution in [0.3, 0.4) is 0 Å². The van der Waals surface area contributed by atoms with E-state index in [2.05, 4.69) is 32.4 Å². The zero-order valence-corrected chi connectivity index (χ0v) is 17.1. The summed E-state index contributed by atoms with van der Waals surface area (Å²) in [6.07, 6.45) is 8.36. The Labute approximate surface area is 161 Å². The molecule has 27 heavy (non-hydrogen) atoms. The lowest BCUT2D eigenvalue weighted by atomic mass is 9.45. The molecule has 2 aliphatic carbocycles. The summed E-state index contributed by atoms with van der Waals surface area (Å²) in [5.74, 6) is 0.127. The maximum atomic E-state index is 12.1. The van der Waals surface area contributed by atoms with Crippen molar-refractivity contribution in [3.8, 4) is 0 Å². The molecule has 2 unspecified atom stereocenters. The Kier molecular flexibility index (Phi) is 4.94. The lowest BCUT2D eigenvalue weighted by Crippen LogP contribution is -2.56. The molecule has 2 aliphatic heterocycles. The van der Waals surface area contributed by atoms with Crippen molar-refractivity contribution in [3.05, 3.63) is 23.5 Å². The Hall–Kier alpha value is -1.78. The molecule has 0 bridgehead atoms. The predicted molar refractivity (Wildman–Crippen MR) is 102 cm³/mol. The zero-order chi connectivity index (χ0) is 20.0. The molecule has 3 fully saturated rings. The Morgan fingerprint density at radius 2 is 1.81 bits per heavy atom. The van der Waals surface area contributed by atoms with Gasteiger partial charge in [-0.2, -0.15) is 0 Å². The van der Waals surface area contributed by atoms with Crippen LogP contribution in [0, 0.1) is 22.7 Å². The van der Waals surface area contributed by atoms with Crippen LogP contribution in [0.2, 0.25) is 0 Å². The molecule has 150 valence electrons. The van der Waals surface area contributed by atoms with Crippen LogP contribution >= 0.6 is 0 Å². The molecule has 0 amide bonds. The van der Waals surface area contributed by atoms with Crippen molar-refractivity contribution in [2.75, 3.05) is 6.61 Å². The van der Waals surface area contributed by atoms with Crippen LogP contribution in [0.5, 0.6) is 0 Å². The number of hydrogen-bond donors (Lipinski definition) is 1. The Morgan fingerprint density at radius 1 is 1.11 bits per heavy atom. The van der Waals surface area contributed by atoms with Gasteiger partial charge in [0.25, 0.3) is 0 Å². The molecule has 4 rings (SSSR count). The monoisotopic (exact) mass is 376 g/mol. The topological polar surface area (TPSA) is 72.8 Å². The number of carbonyl (C=O) groups excluding carboxylic acids is 2. The largest absolute Gasteiger partial charge is 0.515 e. The number of cyclic esters (lactones) is 1. The second-order valence-electron chi connectivity index (χ2n) is 9.64. The van der Waals surface area contributed by atoms with E-state index in [9.17, 15) is 14.7 Å². The van der Waals surface area contributed by atoms with Gasteiger partial charge < -0.3 is 14.6 Å². The van der Waals surface area contributed by atoms with Gasteiger partial charge in [0.2, 0.25) is 0 Å². The maximum absolute atomic E-state index is 12.1. The summed E-state index contributed by atoms with van der Waals surface area (Å²) in [5, 5.41) is 9.56. The van der Waals surface area contributed by atoms with Gasteiger partial charge >= 0.3 is 11.9 Å². The van der Waals surface area contributed by atoms with E-state index >= 15 is 0 Å². The van der Waals surface area contributed by atoms with Gasteiger partial charge in [-0.3, -0.25) is 0 Å². The second kappa shape index (κ2) is 6.68. The van der Waals surface area contributed by atoms with Crippen LogP contribution in [0.4, 0.5) is 0 Å². The van der Waals surface area contributed by atoms with E-state index in [1.54, 1.807) is 13.0 Å². The van der Waals surface area contributed by atoms with Crippen LogP contribution in [0.25, 0.3) is 0 Å². The van der Waals surface area contributed by atoms with Gasteiger partial charge in [0.15, 0.2) is 0 Å². The summed E-state index contributed by atoms with van der Waals surface area (Å²) in [6, 6.07) is 0. The minimum absolute atomic E-state index is 0.0332. The number of rotatable bonds is 0. The fourth-order valence-electron chi connectivity index (χ4n) is 6.25. The lowest BCUT2D eigenvalue weighted by molar-refractivity contribution is -0.164. The van der Waals surface area contributed by atoms with E-state index in [1.165, 1.54) is 12.8 Å². The molecule has 5 nitrogen and oxygen atoms in total. The van der Waals surface area contributed by atoms with Gasteiger partial charge in [-0.05, 0) is 62.4 Å². The molecule has 1 saturated heterocycles. The molecule has 0 spiro atoms. The van der Waals surface area contributed by atoms with E-state index in [0.717, 1.165) is 31.1 Å². The van der Waals surface area contributed by atoms with E-state index in [-0.39, 0.29) is 23.3 Å². The standard InChI is InChI=1S/C17H26O3.C5H6O2/c1-15(2)7-5-8-16(3)12(15)6-9-17(4)13(16)11(10-18)14(19)20-17;1-4-2-3-7-5(4)6/h10,12-13,18H,5-9H2,1-4H3;2H,3H2,1H3/b11-10-;/t12?,13?,16-,17+;/m0./s1. The number of hydrogen-bond acceptors (Lipinski definition) is 5. The first-order valence-corrected chi connectivity index (χ1v) is 9.97. The second-order valence-corrected chi connectivity index (χ2v) is 9.64. The highest BCUT2D eigenvalue weighted by Crippen LogP contribution is 2.66. The predicted octanol–water partition coefficient (Wildman–Crippen LogP) is 4.48. The molecule has 0 aromatic carbocycles. The fourth-order valence-corrected chi connectivity index (χ4v) is 6.25. The summed E-state index contributed by atoms with van der Waals surface area (Å²) in [5.41, 5.74) is 1.15. The van der Waals surface area contributed by atoms with Crippen molar-refractivity contribution in [3.63, 3.8) is 0 Å². The number of ether oxygens (including phenoxy) is 2. The third kappa shape index (κ3) is 3.19. The van der Waals surface area contributed by atoms with Gasteiger partial charge in [0, 0.05) is 11.5 Å². The molecular formula is C22H32O5. The Bertz CT molecular complexity index is 703. The van der Waals surface area contributed by atoms with Gasteiger partial charge in [-0.25, -0.2) is 9.59 Å². The number of esters is 2. The van der Waals surface area contributed by atoms with Crippen LogP contribution in [0.15, 0.2) is 23.5 Å². The van der Waals surface area contributed by atoms with Crippen molar-refractivity contribution in [1.82, 2.24) is 0 Å². The SMILES string of the molecule is CC1(C)CCC[C@@]2(C)C1CC[C@@]1(C)OC(=O)/C(=C\O)C21.CC1=CCOC1=O. The van der Waals surface area contributed by atoms with Crippen LogP contribution < -0.4 is 0 Å². The van der Waals surface area contributed by atoms with E-state index in [1.807, 2.05) is 0 Å². The fraction of sp³-hybridized carbons (Fsp3) is 0.727. The highest BCUT2D eigenvalue weighted by atomic mass is 16.6. The van der Waals surface area contributed by atoms with Crippen molar-refractivity contribution >= 4 is 11.9 Å². The van der Waals surface area contributed by atoms with E-state index < -0.39 is 5.60 Å². The lowest BCUT2D eigenvalue weighted by Gasteiger charge is -2.59. The molecule has 2 heterocycles. The first kappa shape index (κ1) is 20.0. The Morgan fingerprint density at radius 3 is 2.33 bits per heavy atom. The summed E-state index contributed by atoms with van der Waals surface area (Å²) in [6.45, 7) is 11.3. The van der Waals surface area contributed by atoms with E-state index in [4.69, 9.17) is 4.74 Å². The highest BCUT2D eigenvalue weighted by molar-refractivity contribution is 5.92. The Balaban J connectivity index is 0.000000253. The summed E-state index contributed by atoms with van der Waals surface area (Å²) >= 11 is 0. The summed E-state index contributed by atoms with van der Waals surface area (Å²) in [7, 11) is 0. The van der Waals surface area contributed by atoms with Gasteiger partial charge in [-0.1, -0.05) is 27.2 Å². The number of fused-ring (bicyclic) bond motifs is 3. The highest BCUT2D eigenvalue weighted by Gasteiger charge is 2.64. The van der Waals surface area contributed by atoms with Crippen molar-refractivity contribution in [2.45, 2.75) is 72.3 Å². The number of aliphatic hydroxyl groups excluding tert-OH is 1. The van der Waals surface area contributed by atoms with Crippen molar-refractivity contribution in [1.29, 1.82) is 0 Å². The number of aliphatic hydroxyl groups is 1. The smallest absolute Gasteiger partial charge is 0.338 e. The molecule has 1 N–H and O–H groups in total. The molecule has 4 atom stereocenters. The molecule has 4 aliphatic rings. The minimum Gasteiger partial charge on any atom is -0.515 e. The average Bonchev–Trinajstić information content (AvgIpc) is 3.06. The van der Waals surface area contributed by atoms with Gasteiger partial charge in [0.05, 0.1) is 11.8 Å². The zero-order valence-electron chi connectivity index (χ0n) is 17.1. The third-order valence-corrected chi connectivity index (χ3v) is 7.41. The normalized spacial score (nSPS) is 40.9. The molecular weight excluding hydrogens is 344 g/mol. The third-order valence-electron chi connectivity index (χ3n) is 7.41. The first-order chi connectivity index (χ1) is 12.5. The first-order valence-electron chi connectivity index (χ1n) is 9.97. The number of carbonyl (C=O) groups is 2. The van der Waals surface area contributed by atoms with Gasteiger partial charge in [0.1, 0.15) is 12.2 Å². The molecule has 0 aromatic rings. The van der Waals surface area contributed by atoms with Crippen molar-refractivity contribution < 1.29 is 24.2 Å². The van der Waals surface area contributed by atoms with Crippen LogP contribution in [-0.2, 0) is 19.1 Å². The molecule has 2 saturated carbocycles. The van der Waals surface area contributed by atoms with Crippen LogP contribution in [0.1, 0.15) is 66.7 Å². The minimum atomic E-state index is -0.426. The summed E-state index contributed by atoms with van der Waals surface area (Å²) in [4.78, 5) is 22.4. The molecule has 0 radical (unpaired) electrons. The molecule has 0 aromatic heterocycles. The van der Waals surface area contributed by atoms with E-state index in [0.29, 0.717) is 23.5 Å². The summed E-state index contributed by atoms with van der Waals surface area (Å²) < 4.78 is 10.2. The quantitative estimate of drug-likeness (QED) is 0.383. The maximum Gasteiger partial charge on any atom is 0.338 e. The average molecular weight is 376 g/mol. The van der Waals surface area contributed by atoms with Crippen molar-refractivity contribution in [2.24, 2.45) is 22.7 Å². The van der Waals surface area contributed by atoms with Gasteiger partial charge in [-0.15, -0.1) is 0 Å². The molecule has 5 heteroatoms.